The lowest BCUT2D eigenvalue weighted by Crippen LogP contribution is -2.51. The van der Waals surface area contributed by atoms with Gasteiger partial charge in [-0.05, 0) is 70.9 Å². The Labute approximate surface area is 200 Å². The van der Waals surface area contributed by atoms with Crippen molar-refractivity contribution in [3.63, 3.8) is 0 Å². The molecular weight excluding hydrogens is 436 g/mol. The summed E-state index contributed by atoms with van der Waals surface area (Å²) in [7, 11) is 1.38. The number of aromatic nitrogens is 2. The second-order valence-corrected chi connectivity index (χ2v) is 9.44. The monoisotopic (exact) mass is 470 g/mol. The maximum absolute atomic E-state index is 13.0. The van der Waals surface area contributed by atoms with Crippen molar-refractivity contribution in [3.8, 4) is 5.69 Å². The molecule has 34 heavy (non-hydrogen) atoms. The van der Waals surface area contributed by atoms with E-state index >= 15 is 0 Å². The Hall–Kier alpha value is -3.36. The molecule has 184 valence electrons. The van der Waals surface area contributed by atoms with Crippen molar-refractivity contribution in [3.05, 3.63) is 46.8 Å². The van der Waals surface area contributed by atoms with E-state index in [4.69, 9.17) is 9.47 Å². The van der Waals surface area contributed by atoms with Crippen LogP contribution in [0.3, 0.4) is 0 Å². The fraction of sp³-hybridized carbons (Fsp3) is 0.520. The smallest absolute Gasteiger partial charge is 0.410 e. The van der Waals surface area contributed by atoms with E-state index in [1.807, 2.05) is 51.4 Å². The number of hydrogen-bond donors (Lipinski definition) is 0. The van der Waals surface area contributed by atoms with Gasteiger partial charge in [0.25, 0.3) is 5.91 Å². The summed E-state index contributed by atoms with van der Waals surface area (Å²) in [5, 5.41) is 4.62. The van der Waals surface area contributed by atoms with Gasteiger partial charge in [0.1, 0.15) is 5.60 Å². The molecule has 1 aromatic heterocycles. The van der Waals surface area contributed by atoms with Crippen LogP contribution < -0.4 is 0 Å². The first-order valence-electron chi connectivity index (χ1n) is 11.5. The van der Waals surface area contributed by atoms with Gasteiger partial charge in [-0.25, -0.2) is 9.48 Å². The summed E-state index contributed by atoms with van der Waals surface area (Å²) < 4.78 is 12.0. The third-order valence-electron chi connectivity index (χ3n) is 5.83. The molecule has 1 fully saturated rings. The fourth-order valence-electron chi connectivity index (χ4n) is 3.96. The van der Waals surface area contributed by atoms with Crippen molar-refractivity contribution in [2.24, 2.45) is 0 Å². The molecule has 0 unspecified atom stereocenters. The molecule has 0 spiro atoms. The van der Waals surface area contributed by atoms with Crippen molar-refractivity contribution in [1.82, 2.24) is 19.6 Å². The Morgan fingerprint density at radius 1 is 0.971 bits per heavy atom. The van der Waals surface area contributed by atoms with Crippen LogP contribution in [0.2, 0.25) is 0 Å². The summed E-state index contributed by atoms with van der Waals surface area (Å²) in [5.41, 5.74) is 3.73. The van der Waals surface area contributed by atoms with Crippen molar-refractivity contribution in [2.45, 2.75) is 53.1 Å². The van der Waals surface area contributed by atoms with Crippen LogP contribution >= 0.6 is 0 Å². The molecule has 0 N–H and O–H groups in total. The maximum atomic E-state index is 13.0. The third-order valence-corrected chi connectivity index (χ3v) is 5.83. The first-order chi connectivity index (χ1) is 16.0. The molecule has 2 aromatic rings. The molecule has 1 saturated heterocycles. The molecule has 2 heterocycles. The molecule has 3 rings (SSSR count). The molecule has 0 atom stereocenters. The van der Waals surface area contributed by atoms with Crippen LogP contribution in [0.1, 0.15) is 54.5 Å². The van der Waals surface area contributed by atoms with Gasteiger partial charge in [0.05, 0.1) is 18.5 Å². The van der Waals surface area contributed by atoms with E-state index in [-0.39, 0.29) is 18.0 Å². The van der Waals surface area contributed by atoms with Crippen molar-refractivity contribution < 1.29 is 23.9 Å². The van der Waals surface area contributed by atoms with E-state index in [9.17, 15) is 14.4 Å². The Morgan fingerprint density at radius 2 is 1.56 bits per heavy atom. The molecular formula is C25H34N4O5. The second kappa shape index (κ2) is 10.3. The topological polar surface area (TPSA) is 94.0 Å². The van der Waals surface area contributed by atoms with Crippen LogP contribution in [0.5, 0.6) is 0 Å². The number of carbonyl (C=O) groups excluding carboxylic acids is 3. The van der Waals surface area contributed by atoms with E-state index in [0.29, 0.717) is 44.6 Å². The minimum absolute atomic E-state index is 0.0671. The molecule has 1 aromatic carbocycles. The van der Waals surface area contributed by atoms with Gasteiger partial charge in [0.15, 0.2) is 0 Å². The van der Waals surface area contributed by atoms with Crippen molar-refractivity contribution >= 4 is 18.0 Å². The Bertz CT molecular complexity index is 1040. The first-order valence-corrected chi connectivity index (χ1v) is 11.5. The lowest BCUT2D eigenvalue weighted by molar-refractivity contribution is -0.140. The number of carbonyl (C=O) groups is 3. The summed E-state index contributed by atoms with van der Waals surface area (Å²) in [5.74, 6) is -0.316. The second-order valence-electron chi connectivity index (χ2n) is 9.44. The molecule has 0 bridgehead atoms. The molecule has 0 aliphatic carbocycles. The Kier molecular flexibility index (Phi) is 7.64. The average Bonchev–Trinajstić information content (AvgIpc) is 3.09. The summed E-state index contributed by atoms with van der Waals surface area (Å²) in [4.78, 5) is 40.1. The third kappa shape index (κ3) is 5.95. The van der Waals surface area contributed by atoms with Gasteiger partial charge >= 0.3 is 12.1 Å². The number of rotatable bonds is 5. The zero-order chi connectivity index (χ0) is 25.0. The number of benzene rings is 1. The average molecular weight is 471 g/mol. The van der Waals surface area contributed by atoms with Gasteiger partial charge in [-0.15, -0.1) is 0 Å². The number of esters is 1. The number of aryl methyl sites for hydroxylation is 1. The summed E-state index contributed by atoms with van der Waals surface area (Å²) in [6.45, 7) is 11.2. The van der Waals surface area contributed by atoms with Gasteiger partial charge in [0.2, 0.25) is 0 Å². The van der Waals surface area contributed by atoms with Gasteiger partial charge < -0.3 is 19.3 Å². The number of methoxy groups -OCH3 is 1. The van der Waals surface area contributed by atoms with Gasteiger partial charge in [0, 0.05) is 43.9 Å². The predicted octanol–water partition coefficient (Wildman–Crippen LogP) is 3.29. The minimum atomic E-state index is -0.542. The molecule has 2 amide bonds. The zero-order valence-corrected chi connectivity index (χ0v) is 20.9. The number of ether oxygens (including phenoxy) is 2. The molecule has 0 radical (unpaired) electrons. The van der Waals surface area contributed by atoms with E-state index in [1.165, 1.54) is 7.11 Å². The number of piperazine rings is 1. The number of hydrogen-bond acceptors (Lipinski definition) is 6. The van der Waals surface area contributed by atoms with E-state index in [2.05, 4.69) is 5.10 Å². The highest BCUT2D eigenvalue weighted by atomic mass is 16.6. The van der Waals surface area contributed by atoms with Crippen LogP contribution in [0, 0.1) is 13.8 Å². The predicted molar refractivity (Wildman–Crippen MR) is 127 cm³/mol. The summed E-state index contributed by atoms with van der Waals surface area (Å²) in [6, 6.07) is 7.33. The lowest BCUT2D eigenvalue weighted by atomic mass is 10.1. The molecule has 0 saturated carbocycles. The highest BCUT2D eigenvalue weighted by Crippen LogP contribution is 2.21. The van der Waals surface area contributed by atoms with Gasteiger partial charge in [-0.1, -0.05) is 0 Å². The van der Waals surface area contributed by atoms with Gasteiger partial charge in [-0.2, -0.15) is 5.10 Å². The maximum Gasteiger partial charge on any atom is 0.410 e. The van der Waals surface area contributed by atoms with Crippen LogP contribution in [-0.2, 0) is 20.7 Å². The highest BCUT2D eigenvalue weighted by Gasteiger charge is 2.28. The number of amides is 2. The quantitative estimate of drug-likeness (QED) is 0.623. The van der Waals surface area contributed by atoms with E-state index in [0.717, 1.165) is 22.6 Å². The summed E-state index contributed by atoms with van der Waals surface area (Å²) in [6.07, 6.45) is 0.522. The SMILES string of the molecule is COC(=O)CCc1c(C)nn(-c2ccc(C(=O)N3CCN(C(=O)OC(C)(C)C)CC3)cc2)c1C. The van der Waals surface area contributed by atoms with Crippen molar-refractivity contribution in [2.75, 3.05) is 33.3 Å². The summed E-state index contributed by atoms with van der Waals surface area (Å²) >= 11 is 0. The van der Waals surface area contributed by atoms with E-state index in [1.54, 1.807) is 21.9 Å². The minimum Gasteiger partial charge on any atom is -0.469 e. The van der Waals surface area contributed by atoms with Gasteiger partial charge in [-0.3, -0.25) is 9.59 Å². The molecule has 1 aliphatic heterocycles. The lowest BCUT2D eigenvalue weighted by Gasteiger charge is -2.35. The Balaban J connectivity index is 1.64. The van der Waals surface area contributed by atoms with Crippen LogP contribution in [-0.4, -0.2) is 76.4 Å². The zero-order valence-electron chi connectivity index (χ0n) is 20.9. The molecule has 9 nitrogen and oxygen atoms in total. The Morgan fingerprint density at radius 3 is 2.12 bits per heavy atom. The van der Waals surface area contributed by atoms with Crippen molar-refractivity contribution in [1.29, 1.82) is 0 Å². The van der Waals surface area contributed by atoms with Crippen LogP contribution in [0.25, 0.3) is 5.69 Å². The first kappa shape index (κ1) is 25.3. The van der Waals surface area contributed by atoms with Crippen LogP contribution in [0.4, 0.5) is 4.79 Å². The largest absolute Gasteiger partial charge is 0.469 e. The molecule has 1 aliphatic rings. The van der Waals surface area contributed by atoms with Crippen LogP contribution in [0.15, 0.2) is 24.3 Å². The number of nitrogens with zero attached hydrogens (tertiary/aromatic N) is 4. The molecule has 9 heteroatoms. The highest BCUT2D eigenvalue weighted by molar-refractivity contribution is 5.94. The normalized spacial score (nSPS) is 14.2. The van der Waals surface area contributed by atoms with E-state index < -0.39 is 5.60 Å². The standard InChI is InChI=1S/C25H34N4O5/c1-17-21(11-12-22(30)33-6)18(2)29(26-17)20-9-7-19(8-10-20)23(31)27-13-15-28(16-14-27)24(32)34-25(3,4)5/h7-10H,11-16H2,1-6H3. The fourth-order valence-corrected chi connectivity index (χ4v) is 3.96.